The molecule has 0 atom stereocenters. The lowest BCUT2D eigenvalue weighted by atomic mass is 9.97. The van der Waals surface area contributed by atoms with Crippen molar-refractivity contribution in [3.8, 4) is 0 Å². The molecule has 0 unspecified atom stereocenters. The van der Waals surface area contributed by atoms with Gasteiger partial charge in [-0.2, -0.15) is 0 Å². The van der Waals surface area contributed by atoms with E-state index in [4.69, 9.17) is 4.74 Å². The molecule has 0 N–H and O–H groups in total. The predicted octanol–water partition coefficient (Wildman–Crippen LogP) is 2.81. The van der Waals surface area contributed by atoms with E-state index in [9.17, 15) is 9.59 Å². The first-order chi connectivity index (χ1) is 9.06. The molecule has 1 aliphatic rings. The Balaban J connectivity index is 1.77. The number of carbonyl (C=O) groups excluding carboxylic acids is 2. The highest BCUT2D eigenvalue weighted by atomic mass is 79.9. The maximum Gasteiger partial charge on any atom is 0.309 e. The van der Waals surface area contributed by atoms with Gasteiger partial charge in [0.15, 0.2) is 0 Å². The quantitative estimate of drug-likeness (QED) is 0.791. The highest BCUT2D eigenvalue weighted by Crippen LogP contribution is 2.23. The van der Waals surface area contributed by atoms with Gasteiger partial charge in [-0.3, -0.25) is 9.59 Å². The van der Waals surface area contributed by atoms with Gasteiger partial charge in [-0.15, -0.1) is 11.3 Å². The number of piperidine rings is 1. The van der Waals surface area contributed by atoms with Crippen LogP contribution in [0, 0.1) is 5.92 Å². The van der Waals surface area contributed by atoms with Gasteiger partial charge in [-0.1, -0.05) is 0 Å². The van der Waals surface area contributed by atoms with Crippen LogP contribution in [-0.4, -0.2) is 29.9 Å². The maximum absolute atomic E-state index is 11.9. The monoisotopic (exact) mass is 345 g/mol. The van der Waals surface area contributed by atoms with Gasteiger partial charge in [0.05, 0.1) is 9.70 Å². The topological polar surface area (TPSA) is 46.6 Å². The Kier molecular flexibility index (Phi) is 4.99. The number of hydrogen-bond donors (Lipinski definition) is 0. The van der Waals surface area contributed by atoms with Crippen LogP contribution in [0.1, 0.15) is 25.3 Å². The molecule has 1 aliphatic heterocycles. The van der Waals surface area contributed by atoms with Gasteiger partial charge in [0.25, 0.3) is 0 Å². The summed E-state index contributed by atoms with van der Waals surface area (Å²) in [6, 6.07) is 1.95. The number of nitrogens with zero attached hydrogens (tertiary/aromatic N) is 1. The minimum atomic E-state index is -0.148. The molecule has 0 aromatic carbocycles. The van der Waals surface area contributed by atoms with E-state index in [1.165, 1.54) is 0 Å². The van der Waals surface area contributed by atoms with Crippen molar-refractivity contribution in [2.45, 2.75) is 26.4 Å². The summed E-state index contributed by atoms with van der Waals surface area (Å²) in [6.45, 7) is 3.19. The number of amides is 1. The van der Waals surface area contributed by atoms with Crippen LogP contribution >= 0.6 is 27.3 Å². The highest BCUT2D eigenvalue weighted by Gasteiger charge is 2.27. The van der Waals surface area contributed by atoms with Crippen molar-refractivity contribution in [1.29, 1.82) is 0 Å². The molecule has 0 bridgehead atoms. The van der Waals surface area contributed by atoms with Gasteiger partial charge in [-0.25, -0.2) is 0 Å². The van der Waals surface area contributed by atoms with Gasteiger partial charge in [0, 0.05) is 25.6 Å². The molecule has 0 radical (unpaired) electrons. The Labute approximate surface area is 124 Å². The average molecular weight is 346 g/mol. The number of ether oxygens (including phenoxy) is 1. The van der Waals surface area contributed by atoms with Crippen LogP contribution in [0.5, 0.6) is 0 Å². The summed E-state index contributed by atoms with van der Waals surface area (Å²) in [5, 5.41) is 1.97. The van der Waals surface area contributed by atoms with Crippen LogP contribution in [0.25, 0.3) is 0 Å². The van der Waals surface area contributed by atoms with Crippen LogP contribution in [0.15, 0.2) is 15.2 Å². The second-order valence-corrected chi connectivity index (χ2v) is 6.94. The molecule has 0 aliphatic carbocycles. The van der Waals surface area contributed by atoms with Crippen LogP contribution in [0.3, 0.4) is 0 Å². The third-order valence-electron chi connectivity index (χ3n) is 3.28. The first kappa shape index (κ1) is 14.5. The van der Waals surface area contributed by atoms with Crippen LogP contribution < -0.4 is 0 Å². The smallest absolute Gasteiger partial charge is 0.309 e. The molecule has 1 fully saturated rings. The van der Waals surface area contributed by atoms with E-state index in [2.05, 4.69) is 15.9 Å². The molecule has 1 aromatic heterocycles. The van der Waals surface area contributed by atoms with Gasteiger partial charge in [0.1, 0.15) is 6.61 Å². The molecule has 6 heteroatoms. The summed E-state index contributed by atoms with van der Waals surface area (Å²) in [6.07, 6.45) is 1.40. The Morgan fingerprint density at radius 1 is 1.47 bits per heavy atom. The molecular formula is C13H16BrNO3S. The van der Waals surface area contributed by atoms with E-state index >= 15 is 0 Å². The fourth-order valence-corrected chi connectivity index (χ4v) is 3.32. The fraction of sp³-hybridized carbons (Fsp3) is 0.538. The second-order valence-electron chi connectivity index (χ2n) is 4.65. The van der Waals surface area contributed by atoms with Gasteiger partial charge >= 0.3 is 5.97 Å². The SMILES string of the molecule is CC(=O)N1CCC(C(=O)OCc2csc(Br)c2)CC1. The minimum Gasteiger partial charge on any atom is -0.461 e. The Morgan fingerprint density at radius 2 is 2.16 bits per heavy atom. The molecule has 1 amide bonds. The van der Waals surface area contributed by atoms with Crippen molar-refractivity contribution in [1.82, 2.24) is 4.90 Å². The molecule has 19 heavy (non-hydrogen) atoms. The number of carbonyl (C=O) groups is 2. The van der Waals surface area contributed by atoms with Crippen molar-refractivity contribution < 1.29 is 14.3 Å². The zero-order valence-corrected chi connectivity index (χ0v) is 13.1. The van der Waals surface area contributed by atoms with Gasteiger partial charge in [-0.05, 0) is 40.2 Å². The minimum absolute atomic E-state index is 0.0716. The standard InChI is InChI=1S/C13H16BrNO3S/c1-9(16)15-4-2-11(3-5-15)13(17)18-7-10-6-12(14)19-8-10/h6,8,11H,2-5,7H2,1H3. The first-order valence-electron chi connectivity index (χ1n) is 6.21. The number of thiophene rings is 1. The average Bonchev–Trinajstić information content (AvgIpc) is 2.82. The molecule has 0 saturated carbocycles. The van der Waals surface area contributed by atoms with Crippen molar-refractivity contribution >= 4 is 39.1 Å². The Bertz CT molecular complexity index is 466. The van der Waals surface area contributed by atoms with E-state index in [1.54, 1.807) is 23.2 Å². The highest BCUT2D eigenvalue weighted by molar-refractivity contribution is 9.11. The lowest BCUT2D eigenvalue weighted by molar-refractivity contribution is -0.152. The predicted molar refractivity (Wildman–Crippen MR) is 76.8 cm³/mol. The summed E-state index contributed by atoms with van der Waals surface area (Å²) in [7, 11) is 0. The van der Waals surface area contributed by atoms with E-state index in [-0.39, 0.29) is 17.8 Å². The summed E-state index contributed by atoms with van der Waals surface area (Å²) in [4.78, 5) is 24.9. The van der Waals surface area contributed by atoms with Gasteiger partial charge in [0.2, 0.25) is 5.91 Å². The largest absolute Gasteiger partial charge is 0.461 e. The Morgan fingerprint density at radius 3 is 2.68 bits per heavy atom. The number of halogens is 1. The second kappa shape index (κ2) is 6.52. The number of likely N-dealkylation sites (tertiary alicyclic amines) is 1. The molecule has 1 aromatic rings. The lowest BCUT2D eigenvalue weighted by Gasteiger charge is -2.30. The first-order valence-corrected chi connectivity index (χ1v) is 7.88. The van der Waals surface area contributed by atoms with Crippen molar-refractivity contribution in [2.24, 2.45) is 5.92 Å². The molecule has 104 valence electrons. The molecule has 2 rings (SSSR count). The zero-order valence-electron chi connectivity index (χ0n) is 10.7. The molecule has 1 saturated heterocycles. The van der Waals surface area contributed by atoms with E-state index in [0.717, 1.165) is 9.35 Å². The van der Waals surface area contributed by atoms with Crippen LogP contribution in [-0.2, 0) is 20.9 Å². The molecule has 2 heterocycles. The van der Waals surface area contributed by atoms with E-state index < -0.39 is 0 Å². The lowest BCUT2D eigenvalue weighted by Crippen LogP contribution is -2.39. The van der Waals surface area contributed by atoms with Crippen molar-refractivity contribution in [3.05, 3.63) is 20.8 Å². The maximum atomic E-state index is 11.9. The zero-order chi connectivity index (χ0) is 13.8. The fourth-order valence-electron chi connectivity index (χ4n) is 2.12. The summed E-state index contributed by atoms with van der Waals surface area (Å²) >= 11 is 4.95. The normalized spacial score (nSPS) is 16.4. The van der Waals surface area contributed by atoms with Crippen LogP contribution in [0.2, 0.25) is 0 Å². The van der Waals surface area contributed by atoms with E-state index in [0.29, 0.717) is 32.5 Å². The number of esters is 1. The molecule has 0 spiro atoms. The Hall–Kier alpha value is -0.880. The number of rotatable bonds is 3. The van der Waals surface area contributed by atoms with Crippen molar-refractivity contribution in [3.63, 3.8) is 0 Å². The molecular weight excluding hydrogens is 330 g/mol. The summed E-state index contributed by atoms with van der Waals surface area (Å²) < 4.78 is 6.36. The summed E-state index contributed by atoms with van der Waals surface area (Å²) in [5.74, 6) is -0.141. The van der Waals surface area contributed by atoms with Crippen molar-refractivity contribution in [2.75, 3.05) is 13.1 Å². The number of hydrogen-bond acceptors (Lipinski definition) is 4. The third kappa shape index (κ3) is 4.04. The van der Waals surface area contributed by atoms with Crippen LogP contribution in [0.4, 0.5) is 0 Å². The van der Waals surface area contributed by atoms with E-state index in [1.807, 2.05) is 11.4 Å². The third-order valence-corrected chi connectivity index (χ3v) is 4.83. The van der Waals surface area contributed by atoms with Gasteiger partial charge < -0.3 is 9.64 Å². The summed E-state index contributed by atoms with van der Waals surface area (Å²) in [5.41, 5.74) is 1.01. The molecule has 4 nitrogen and oxygen atoms in total.